The second-order valence-electron chi connectivity index (χ2n) is 6.76. The number of carbonyl (C=O) groups excluding carboxylic acids is 1. The van der Waals surface area contributed by atoms with E-state index in [-0.39, 0.29) is 23.2 Å². The topological polar surface area (TPSA) is 88.0 Å². The first-order valence-corrected chi connectivity index (χ1v) is 9.94. The predicted molar refractivity (Wildman–Crippen MR) is 109 cm³/mol. The zero-order chi connectivity index (χ0) is 20.1. The van der Waals surface area contributed by atoms with E-state index in [0.29, 0.717) is 38.5 Å². The molecule has 2 aromatic rings. The number of carbonyl (C=O) groups is 1. The molecule has 0 aliphatic carbocycles. The summed E-state index contributed by atoms with van der Waals surface area (Å²) in [6.07, 6.45) is 0. The van der Waals surface area contributed by atoms with Crippen molar-refractivity contribution in [2.45, 2.75) is 6.04 Å². The van der Waals surface area contributed by atoms with Crippen molar-refractivity contribution in [3.63, 3.8) is 0 Å². The van der Waals surface area contributed by atoms with Crippen molar-refractivity contribution in [1.82, 2.24) is 10.2 Å². The van der Waals surface area contributed by atoms with Gasteiger partial charge in [-0.2, -0.15) is 0 Å². The number of nitrogens with one attached hydrogen (secondary N) is 1. The lowest BCUT2D eigenvalue weighted by Crippen LogP contribution is -2.36. The Morgan fingerprint density at radius 2 is 2.11 bits per heavy atom. The minimum atomic E-state index is -0.435. The molecule has 1 unspecified atom stereocenters. The number of nitro benzene ring substituents is 1. The van der Waals surface area contributed by atoms with Gasteiger partial charge in [-0.3, -0.25) is 14.9 Å². The second-order valence-corrected chi connectivity index (χ2v) is 7.74. The summed E-state index contributed by atoms with van der Waals surface area (Å²) in [6.45, 7) is 2.68. The van der Waals surface area contributed by atoms with Gasteiger partial charge in [-0.15, -0.1) is 11.3 Å². The number of ether oxygens (including phenoxy) is 1. The van der Waals surface area contributed by atoms with Crippen LogP contribution in [0.2, 0.25) is 0 Å². The molecule has 1 N–H and O–H groups in total. The highest BCUT2D eigenvalue weighted by Crippen LogP contribution is 2.30. The molecule has 28 heavy (non-hydrogen) atoms. The Labute approximate surface area is 167 Å². The van der Waals surface area contributed by atoms with E-state index in [2.05, 4.69) is 5.32 Å². The number of thiophene rings is 1. The molecule has 150 valence electrons. The van der Waals surface area contributed by atoms with Crippen LogP contribution in [0, 0.1) is 10.1 Å². The molecule has 3 rings (SSSR count). The molecule has 0 spiro atoms. The fraction of sp³-hybridized carbons (Fsp3) is 0.421. The number of benzene rings is 1. The first kappa shape index (κ1) is 20.2. The van der Waals surface area contributed by atoms with Crippen LogP contribution in [0.25, 0.3) is 0 Å². The van der Waals surface area contributed by atoms with Gasteiger partial charge in [0.25, 0.3) is 11.6 Å². The largest absolute Gasteiger partial charge is 0.378 e. The van der Waals surface area contributed by atoms with Crippen LogP contribution in [-0.2, 0) is 4.74 Å². The third kappa shape index (κ3) is 4.67. The van der Waals surface area contributed by atoms with Crippen LogP contribution in [0.4, 0.5) is 11.4 Å². The van der Waals surface area contributed by atoms with Crippen LogP contribution >= 0.6 is 11.3 Å². The van der Waals surface area contributed by atoms with Crippen molar-refractivity contribution in [3.8, 4) is 0 Å². The summed E-state index contributed by atoms with van der Waals surface area (Å²) >= 11 is 1.63. The van der Waals surface area contributed by atoms with Gasteiger partial charge in [-0.05, 0) is 37.7 Å². The van der Waals surface area contributed by atoms with E-state index in [1.54, 1.807) is 23.5 Å². The van der Waals surface area contributed by atoms with Crippen LogP contribution in [0.1, 0.15) is 21.3 Å². The molecule has 8 nitrogen and oxygen atoms in total. The summed E-state index contributed by atoms with van der Waals surface area (Å²) in [5, 5.41) is 16.5. The van der Waals surface area contributed by atoms with Crippen LogP contribution in [0.15, 0.2) is 35.7 Å². The number of hydrogen-bond acceptors (Lipinski definition) is 7. The quantitative estimate of drug-likeness (QED) is 0.564. The van der Waals surface area contributed by atoms with Crippen LogP contribution in [-0.4, -0.2) is 62.7 Å². The predicted octanol–water partition coefficient (Wildman–Crippen LogP) is 2.53. The van der Waals surface area contributed by atoms with Gasteiger partial charge in [-0.1, -0.05) is 6.07 Å². The number of nitrogens with zero attached hydrogens (tertiary/aromatic N) is 3. The number of rotatable bonds is 7. The minimum Gasteiger partial charge on any atom is -0.378 e. The Hall–Kier alpha value is -2.49. The van der Waals surface area contributed by atoms with E-state index in [1.165, 1.54) is 6.07 Å². The maximum Gasteiger partial charge on any atom is 0.293 e. The van der Waals surface area contributed by atoms with Crippen molar-refractivity contribution >= 4 is 28.6 Å². The van der Waals surface area contributed by atoms with Crippen molar-refractivity contribution in [2.75, 3.05) is 51.8 Å². The summed E-state index contributed by atoms with van der Waals surface area (Å²) in [5.74, 6) is -0.319. The smallest absolute Gasteiger partial charge is 0.293 e. The molecule has 9 heteroatoms. The molecule has 1 aromatic carbocycles. The molecule has 2 heterocycles. The Kier molecular flexibility index (Phi) is 6.61. The van der Waals surface area contributed by atoms with E-state index < -0.39 is 4.92 Å². The number of likely N-dealkylation sites (N-methyl/N-ethyl adjacent to an activating group) is 1. The molecule has 0 bridgehead atoms. The molecular weight excluding hydrogens is 380 g/mol. The molecular formula is C19H24N4O4S. The summed E-state index contributed by atoms with van der Waals surface area (Å²) in [6, 6.07) is 8.71. The van der Waals surface area contributed by atoms with Crippen molar-refractivity contribution in [2.24, 2.45) is 0 Å². The maximum absolute atomic E-state index is 12.6. The fourth-order valence-electron chi connectivity index (χ4n) is 3.19. The summed E-state index contributed by atoms with van der Waals surface area (Å²) in [4.78, 5) is 28.9. The number of hydrogen-bond donors (Lipinski definition) is 1. The van der Waals surface area contributed by atoms with E-state index in [4.69, 9.17) is 4.74 Å². The summed E-state index contributed by atoms with van der Waals surface area (Å²) < 4.78 is 5.31. The van der Waals surface area contributed by atoms with Gasteiger partial charge < -0.3 is 19.9 Å². The summed E-state index contributed by atoms with van der Waals surface area (Å²) in [7, 11) is 3.91. The number of anilines is 1. The Bertz CT molecular complexity index is 819. The SMILES string of the molecule is CN(C)C(CNC(=O)c1ccc(N2CCOCC2)c([N+](=O)[O-])c1)c1cccs1. The molecule has 0 radical (unpaired) electrons. The normalized spacial score (nSPS) is 15.5. The number of amides is 1. The van der Waals surface area contributed by atoms with Gasteiger partial charge in [0.05, 0.1) is 24.2 Å². The van der Waals surface area contributed by atoms with Crippen LogP contribution in [0.3, 0.4) is 0 Å². The van der Waals surface area contributed by atoms with Crippen molar-refractivity contribution in [1.29, 1.82) is 0 Å². The monoisotopic (exact) mass is 404 g/mol. The van der Waals surface area contributed by atoms with Gasteiger partial charge in [0, 0.05) is 36.1 Å². The van der Waals surface area contributed by atoms with Gasteiger partial charge >= 0.3 is 0 Å². The number of nitro groups is 1. The Morgan fingerprint density at radius 1 is 1.36 bits per heavy atom. The average Bonchev–Trinajstić information content (AvgIpc) is 3.22. The lowest BCUT2D eigenvalue weighted by molar-refractivity contribution is -0.384. The average molecular weight is 404 g/mol. The molecule has 1 saturated heterocycles. The summed E-state index contributed by atoms with van der Waals surface area (Å²) in [5.41, 5.74) is 0.749. The molecule has 1 fully saturated rings. The molecule has 1 aliphatic rings. The zero-order valence-corrected chi connectivity index (χ0v) is 16.8. The van der Waals surface area contributed by atoms with Gasteiger partial charge in [0.1, 0.15) is 5.69 Å². The second kappa shape index (κ2) is 9.13. The first-order chi connectivity index (χ1) is 13.5. The van der Waals surface area contributed by atoms with Crippen molar-refractivity contribution in [3.05, 3.63) is 56.3 Å². The Morgan fingerprint density at radius 3 is 2.71 bits per heavy atom. The highest BCUT2D eigenvalue weighted by molar-refractivity contribution is 7.10. The fourth-order valence-corrected chi connectivity index (χ4v) is 4.12. The standard InChI is InChI=1S/C19H24N4O4S/c1-21(2)17(18-4-3-11-28-18)13-20-19(24)14-5-6-15(16(12-14)23(25)26)22-7-9-27-10-8-22/h3-6,11-12,17H,7-10,13H2,1-2H3,(H,20,24). The lowest BCUT2D eigenvalue weighted by Gasteiger charge is -2.28. The van der Waals surface area contributed by atoms with Crippen LogP contribution < -0.4 is 10.2 Å². The lowest BCUT2D eigenvalue weighted by atomic mass is 10.1. The van der Waals surface area contributed by atoms with E-state index in [1.807, 2.05) is 41.4 Å². The number of morpholine rings is 1. The van der Waals surface area contributed by atoms with Gasteiger partial charge in [-0.25, -0.2) is 0 Å². The third-order valence-corrected chi connectivity index (χ3v) is 5.71. The van der Waals surface area contributed by atoms with Crippen molar-refractivity contribution < 1.29 is 14.5 Å². The molecule has 1 atom stereocenters. The zero-order valence-electron chi connectivity index (χ0n) is 16.0. The first-order valence-electron chi connectivity index (χ1n) is 9.06. The van der Waals surface area contributed by atoms with Gasteiger partial charge in [0.2, 0.25) is 0 Å². The molecule has 1 amide bonds. The van der Waals surface area contributed by atoms with Gasteiger partial charge in [0.15, 0.2) is 0 Å². The Balaban J connectivity index is 1.74. The van der Waals surface area contributed by atoms with E-state index in [0.717, 1.165) is 4.88 Å². The highest BCUT2D eigenvalue weighted by Gasteiger charge is 2.24. The molecule has 1 aliphatic heterocycles. The van der Waals surface area contributed by atoms with Crippen LogP contribution in [0.5, 0.6) is 0 Å². The van der Waals surface area contributed by atoms with E-state index >= 15 is 0 Å². The third-order valence-electron chi connectivity index (χ3n) is 4.74. The van der Waals surface area contributed by atoms with E-state index in [9.17, 15) is 14.9 Å². The molecule has 0 saturated carbocycles. The molecule has 1 aromatic heterocycles. The maximum atomic E-state index is 12.6. The minimum absolute atomic E-state index is 0.0477. The highest BCUT2D eigenvalue weighted by atomic mass is 32.1.